The lowest BCUT2D eigenvalue weighted by Crippen LogP contribution is -1.80. The summed E-state index contributed by atoms with van der Waals surface area (Å²) in [7, 11) is 0. The molecular formula is C11H14ClN3. The van der Waals surface area contributed by atoms with Crippen molar-refractivity contribution in [1.29, 1.82) is 0 Å². The molecule has 4 heteroatoms. The molecule has 80 valence electrons. The Labute approximate surface area is 94.5 Å². The molecule has 0 fully saturated rings. The van der Waals surface area contributed by atoms with E-state index in [1.54, 1.807) is 18.6 Å². The second-order valence-electron chi connectivity index (χ2n) is 2.77. The molecule has 0 radical (unpaired) electrons. The largest absolute Gasteiger partial charge is 0.342 e. The van der Waals surface area contributed by atoms with Gasteiger partial charge in [-0.3, -0.25) is 4.98 Å². The minimum atomic E-state index is 0.629. The monoisotopic (exact) mass is 223 g/mol. The number of pyridine rings is 1. The molecule has 0 saturated carbocycles. The maximum absolute atomic E-state index is 5.80. The van der Waals surface area contributed by atoms with Crippen molar-refractivity contribution in [3.63, 3.8) is 0 Å². The summed E-state index contributed by atoms with van der Waals surface area (Å²) >= 11 is 5.80. The predicted molar refractivity (Wildman–Crippen MR) is 62.9 cm³/mol. The summed E-state index contributed by atoms with van der Waals surface area (Å²) in [4.78, 5) is 11.2. The van der Waals surface area contributed by atoms with Crippen molar-refractivity contribution in [2.24, 2.45) is 0 Å². The molecule has 15 heavy (non-hydrogen) atoms. The van der Waals surface area contributed by atoms with Crippen LogP contribution in [0.2, 0.25) is 5.02 Å². The molecule has 0 spiro atoms. The van der Waals surface area contributed by atoms with Gasteiger partial charge >= 0.3 is 0 Å². The van der Waals surface area contributed by atoms with Gasteiger partial charge in [0.05, 0.1) is 16.9 Å². The summed E-state index contributed by atoms with van der Waals surface area (Å²) in [6, 6.07) is 1.85. The van der Waals surface area contributed by atoms with Gasteiger partial charge in [-0.05, 0) is 13.0 Å². The van der Waals surface area contributed by atoms with Crippen molar-refractivity contribution in [3.8, 4) is 11.3 Å². The van der Waals surface area contributed by atoms with Gasteiger partial charge in [-0.1, -0.05) is 25.4 Å². The van der Waals surface area contributed by atoms with E-state index in [1.807, 2.05) is 26.8 Å². The van der Waals surface area contributed by atoms with Crippen molar-refractivity contribution in [2.75, 3.05) is 0 Å². The molecule has 0 bridgehead atoms. The van der Waals surface area contributed by atoms with E-state index < -0.39 is 0 Å². The number of hydrogen-bond acceptors (Lipinski definition) is 2. The maximum atomic E-state index is 5.80. The number of aryl methyl sites for hydroxylation is 1. The van der Waals surface area contributed by atoms with E-state index in [9.17, 15) is 0 Å². The molecule has 2 aromatic rings. The molecule has 2 rings (SSSR count). The number of nitrogens with zero attached hydrogens (tertiary/aromatic N) is 2. The zero-order valence-corrected chi connectivity index (χ0v) is 9.84. The van der Waals surface area contributed by atoms with Crippen LogP contribution in [0.25, 0.3) is 11.3 Å². The van der Waals surface area contributed by atoms with Gasteiger partial charge in [0.15, 0.2) is 0 Å². The summed E-state index contributed by atoms with van der Waals surface area (Å²) in [6.45, 7) is 5.90. The Hall–Kier alpha value is -1.35. The van der Waals surface area contributed by atoms with Gasteiger partial charge in [-0.2, -0.15) is 0 Å². The highest BCUT2D eigenvalue weighted by Crippen LogP contribution is 2.18. The molecule has 1 N–H and O–H groups in total. The van der Waals surface area contributed by atoms with Crippen LogP contribution in [0.3, 0.4) is 0 Å². The molecule has 0 unspecified atom stereocenters. The minimum Gasteiger partial charge on any atom is -0.342 e. The third-order valence-electron chi connectivity index (χ3n) is 1.72. The van der Waals surface area contributed by atoms with E-state index >= 15 is 0 Å². The van der Waals surface area contributed by atoms with E-state index in [-0.39, 0.29) is 0 Å². The van der Waals surface area contributed by atoms with Crippen molar-refractivity contribution in [3.05, 3.63) is 35.5 Å². The second kappa shape index (κ2) is 5.51. The van der Waals surface area contributed by atoms with Crippen molar-refractivity contribution >= 4 is 11.6 Å². The lowest BCUT2D eigenvalue weighted by Gasteiger charge is -1.95. The van der Waals surface area contributed by atoms with Crippen LogP contribution >= 0.6 is 11.6 Å². The number of halogens is 1. The van der Waals surface area contributed by atoms with Gasteiger partial charge in [-0.25, -0.2) is 4.98 Å². The maximum Gasteiger partial charge on any atom is 0.103 e. The fraction of sp³-hybridized carbons (Fsp3) is 0.273. The van der Waals surface area contributed by atoms with Crippen LogP contribution < -0.4 is 0 Å². The highest BCUT2D eigenvalue weighted by atomic mass is 35.5. The van der Waals surface area contributed by atoms with Crippen LogP contribution in [0.4, 0.5) is 0 Å². The van der Waals surface area contributed by atoms with E-state index in [0.717, 1.165) is 17.1 Å². The molecule has 0 aliphatic rings. The molecule has 0 amide bonds. The topological polar surface area (TPSA) is 41.6 Å². The first-order chi connectivity index (χ1) is 7.25. The highest BCUT2D eigenvalue weighted by Gasteiger charge is 2.00. The Bertz CT molecular complexity index is 423. The number of H-pyrrole nitrogens is 1. The Balaban J connectivity index is 0.000000531. The molecule has 0 aromatic carbocycles. The lowest BCUT2D eigenvalue weighted by molar-refractivity contribution is 1.15. The Kier molecular flexibility index (Phi) is 4.31. The van der Waals surface area contributed by atoms with Crippen molar-refractivity contribution in [1.82, 2.24) is 15.0 Å². The first kappa shape index (κ1) is 11.7. The summed E-state index contributed by atoms with van der Waals surface area (Å²) in [5, 5.41) is 0.629. The summed E-state index contributed by atoms with van der Waals surface area (Å²) in [6.07, 6.45) is 5.12. The fourth-order valence-electron chi connectivity index (χ4n) is 1.13. The minimum absolute atomic E-state index is 0.629. The van der Waals surface area contributed by atoms with Gasteiger partial charge in [0.2, 0.25) is 0 Å². The van der Waals surface area contributed by atoms with Crippen LogP contribution in [0.5, 0.6) is 0 Å². The number of imidazole rings is 1. The van der Waals surface area contributed by atoms with Crippen molar-refractivity contribution < 1.29 is 0 Å². The third kappa shape index (κ3) is 3.06. The van der Waals surface area contributed by atoms with Crippen LogP contribution in [0.1, 0.15) is 19.7 Å². The zero-order chi connectivity index (χ0) is 11.3. The van der Waals surface area contributed by atoms with E-state index in [1.165, 1.54) is 0 Å². The van der Waals surface area contributed by atoms with Gasteiger partial charge in [-0.15, -0.1) is 0 Å². The number of aromatic amines is 1. The van der Waals surface area contributed by atoms with Gasteiger partial charge < -0.3 is 4.98 Å². The molecule has 0 aliphatic heterocycles. The normalized spacial score (nSPS) is 9.33. The average molecular weight is 224 g/mol. The van der Waals surface area contributed by atoms with Crippen LogP contribution in [0.15, 0.2) is 24.7 Å². The zero-order valence-electron chi connectivity index (χ0n) is 9.08. The quantitative estimate of drug-likeness (QED) is 0.805. The standard InChI is InChI=1S/C9H8ClN3.C2H6/c1-6-12-5-9(13-6)7-2-8(10)4-11-3-7;1-2/h2-5H,1H3,(H,12,13);1-2H3. The van der Waals surface area contributed by atoms with Crippen molar-refractivity contribution in [2.45, 2.75) is 20.8 Å². The van der Waals surface area contributed by atoms with Crippen LogP contribution in [-0.4, -0.2) is 15.0 Å². The number of aromatic nitrogens is 3. The third-order valence-corrected chi connectivity index (χ3v) is 1.93. The first-order valence-corrected chi connectivity index (χ1v) is 5.26. The second-order valence-corrected chi connectivity index (χ2v) is 3.21. The van der Waals surface area contributed by atoms with E-state index in [2.05, 4.69) is 15.0 Å². The smallest absolute Gasteiger partial charge is 0.103 e. The fourth-order valence-corrected chi connectivity index (χ4v) is 1.30. The Morgan fingerprint density at radius 2 is 1.93 bits per heavy atom. The van der Waals surface area contributed by atoms with Gasteiger partial charge in [0.1, 0.15) is 5.82 Å². The Morgan fingerprint density at radius 1 is 1.20 bits per heavy atom. The molecule has 2 aromatic heterocycles. The molecular weight excluding hydrogens is 210 g/mol. The van der Waals surface area contributed by atoms with E-state index in [4.69, 9.17) is 11.6 Å². The number of nitrogens with one attached hydrogen (secondary N) is 1. The predicted octanol–water partition coefficient (Wildman–Crippen LogP) is 3.46. The Morgan fingerprint density at radius 3 is 2.47 bits per heavy atom. The summed E-state index contributed by atoms with van der Waals surface area (Å²) < 4.78 is 0. The summed E-state index contributed by atoms with van der Waals surface area (Å²) in [5.74, 6) is 0.884. The lowest BCUT2D eigenvalue weighted by atomic mass is 10.2. The molecule has 0 saturated heterocycles. The summed E-state index contributed by atoms with van der Waals surface area (Å²) in [5.41, 5.74) is 1.89. The van der Waals surface area contributed by atoms with Gasteiger partial charge in [0.25, 0.3) is 0 Å². The molecule has 0 aliphatic carbocycles. The number of rotatable bonds is 1. The number of hydrogen-bond donors (Lipinski definition) is 1. The molecule has 3 nitrogen and oxygen atoms in total. The van der Waals surface area contributed by atoms with Crippen LogP contribution in [0, 0.1) is 6.92 Å². The van der Waals surface area contributed by atoms with Crippen LogP contribution in [-0.2, 0) is 0 Å². The van der Waals surface area contributed by atoms with Gasteiger partial charge in [0, 0.05) is 18.0 Å². The highest BCUT2D eigenvalue weighted by molar-refractivity contribution is 6.30. The molecule has 0 atom stereocenters. The SMILES string of the molecule is CC.Cc1ncc(-c2cncc(Cl)c2)[nH]1. The van der Waals surface area contributed by atoms with E-state index in [0.29, 0.717) is 5.02 Å². The first-order valence-electron chi connectivity index (χ1n) is 4.88. The molecule has 2 heterocycles. The average Bonchev–Trinajstić information content (AvgIpc) is 2.68.